The number of nitrogens with zero attached hydrogens (tertiary/aromatic N) is 1. The van der Waals surface area contributed by atoms with Gasteiger partial charge >= 0.3 is 11.9 Å². The summed E-state index contributed by atoms with van der Waals surface area (Å²) in [5, 5.41) is 25.7. The smallest absolute Gasteiger partial charge is 0.326 e. The largest absolute Gasteiger partial charge is 0.481 e. The van der Waals surface area contributed by atoms with E-state index in [0.717, 1.165) is 0 Å². The Morgan fingerprint density at radius 2 is 1.35 bits per heavy atom. The number of carboxylic acids is 2. The number of carboxylic acid groups (broad SMARTS) is 2. The van der Waals surface area contributed by atoms with Crippen molar-refractivity contribution in [3.8, 4) is 0 Å². The van der Waals surface area contributed by atoms with E-state index in [4.69, 9.17) is 22.9 Å². The lowest BCUT2D eigenvalue weighted by molar-refractivity contribution is -0.143. The summed E-state index contributed by atoms with van der Waals surface area (Å²) in [4.78, 5) is 65.0. The molecule has 0 bridgehead atoms. The van der Waals surface area contributed by atoms with Crippen molar-refractivity contribution < 1.29 is 34.2 Å². The zero-order chi connectivity index (χ0) is 28.5. The lowest BCUT2D eigenvalue weighted by atomic mass is 10.0. The lowest BCUT2D eigenvalue weighted by Gasteiger charge is -2.25. The number of amides is 3. The predicted octanol–water partition coefficient (Wildman–Crippen LogP) is -2.44. The highest BCUT2D eigenvalue weighted by Gasteiger charge is 2.31. The van der Waals surface area contributed by atoms with Crippen molar-refractivity contribution >= 4 is 35.6 Å². The molecular formula is C22H42N8O7. The van der Waals surface area contributed by atoms with Crippen LogP contribution in [0.2, 0.25) is 0 Å². The second kappa shape index (κ2) is 17.9. The van der Waals surface area contributed by atoms with Gasteiger partial charge in [0.05, 0.1) is 12.5 Å². The van der Waals surface area contributed by atoms with Crippen LogP contribution in [0.1, 0.15) is 58.8 Å². The molecule has 13 N–H and O–H groups in total. The molecule has 37 heavy (non-hydrogen) atoms. The molecule has 0 aliphatic heterocycles. The Kier molecular flexibility index (Phi) is 16.2. The van der Waals surface area contributed by atoms with Crippen molar-refractivity contribution in [1.29, 1.82) is 0 Å². The Balaban J connectivity index is 5.59. The van der Waals surface area contributed by atoms with E-state index in [2.05, 4.69) is 20.9 Å². The molecule has 4 unspecified atom stereocenters. The van der Waals surface area contributed by atoms with Gasteiger partial charge in [0.1, 0.15) is 18.1 Å². The molecule has 15 nitrogen and oxygen atoms in total. The minimum atomic E-state index is -1.59. The number of hydrogen-bond donors (Lipinski definition) is 9. The summed E-state index contributed by atoms with van der Waals surface area (Å²) >= 11 is 0. The van der Waals surface area contributed by atoms with E-state index in [-0.39, 0.29) is 37.7 Å². The molecule has 0 saturated carbocycles. The van der Waals surface area contributed by atoms with Crippen LogP contribution < -0.4 is 38.9 Å². The first-order valence-corrected chi connectivity index (χ1v) is 12.1. The molecule has 0 fully saturated rings. The van der Waals surface area contributed by atoms with E-state index in [0.29, 0.717) is 25.8 Å². The maximum Gasteiger partial charge on any atom is 0.326 e. The predicted molar refractivity (Wildman–Crippen MR) is 136 cm³/mol. The summed E-state index contributed by atoms with van der Waals surface area (Å²) in [6.45, 7) is 4.25. The first-order chi connectivity index (χ1) is 17.3. The topological polar surface area (TPSA) is 278 Å². The van der Waals surface area contributed by atoms with E-state index in [1.807, 2.05) is 13.8 Å². The molecule has 0 saturated heterocycles. The van der Waals surface area contributed by atoms with Gasteiger partial charge < -0.3 is 49.1 Å². The van der Waals surface area contributed by atoms with Crippen LogP contribution in [0.25, 0.3) is 0 Å². The third-order valence-corrected chi connectivity index (χ3v) is 5.21. The third kappa shape index (κ3) is 15.3. The maximum atomic E-state index is 13.0. The lowest BCUT2D eigenvalue weighted by Crippen LogP contribution is -2.57. The molecule has 0 aromatic carbocycles. The Bertz CT molecular complexity index is 802. The van der Waals surface area contributed by atoms with Crippen LogP contribution in [0.3, 0.4) is 0 Å². The van der Waals surface area contributed by atoms with Crippen molar-refractivity contribution in [2.24, 2.45) is 33.8 Å². The quantitative estimate of drug-likeness (QED) is 0.0480. The molecule has 4 atom stereocenters. The highest BCUT2D eigenvalue weighted by molar-refractivity contribution is 5.95. The Hall–Kier alpha value is -3.46. The minimum absolute atomic E-state index is 0.0565. The fourth-order valence-corrected chi connectivity index (χ4v) is 3.34. The SMILES string of the molecule is CC(C)CC(N)C(=O)NC(CCCN=C(N)N)C(=O)NC(CC(=O)O)C(=O)NC(CCCCN)C(=O)O. The number of aliphatic carboxylic acids is 2. The standard InChI is InChI=1S/C22H42N8O7/c1-12(2)10-13(24)18(33)28-14(7-5-9-27-22(25)26)19(34)30-16(11-17(31)32)20(35)29-15(21(36)37)6-3-4-8-23/h12-16H,3-11,23-24H2,1-2H3,(H,28,33)(H,29,35)(H,30,34)(H,31,32)(H,36,37)(H4,25,26,27). The van der Waals surface area contributed by atoms with E-state index in [9.17, 15) is 34.2 Å². The summed E-state index contributed by atoms with van der Waals surface area (Å²) in [5.74, 6) is -5.17. The van der Waals surface area contributed by atoms with Crippen molar-refractivity contribution in [2.75, 3.05) is 13.1 Å². The molecule has 0 aliphatic carbocycles. The minimum Gasteiger partial charge on any atom is -0.481 e. The molecule has 15 heteroatoms. The second-order valence-corrected chi connectivity index (χ2v) is 9.09. The molecule has 0 radical (unpaired) electrons. The Morgan fingerprint density at radius 3 is 1.86 bits per heavy atom. The van der Waals surface area contributed by atoms with Crippen LogP contribution in [0.15, 0.2) is 4.99 Å². The monoisotopic (exact) mass is 530 g/mol. The van der Waals surface area contributed by atoms with Crippen LogP contribution in [0.5, 0.6) is 0 Å². The fraction of sp³-hybridized carbons (Fsp3) is 0.727. The number of carbonyl (C=O) groups is 5. The molecular weight excluding hydrogens is 488 g/mol. The van der Waals surface area contributed by atoms with Gasteiger partial charge in [0.2, 0.25) is 17.7 Å². The number of nitrogens with one attached hydrogen (secondary N) is 3. The van der Waals surface area contributed by atoms with Crippen LogP contribution in [0.4, 0.5) is 0 Å². The number of guanidine groups is 1. The van der Waals surface area contributed by atoms with Gasteiger partial charge in [-0.2, -0.15) is 0 Å². The number of hydrogen-bond acceptors (Lipinski definition) is 8. The number of nitrogens with two attached hydrogens (primary N) is 4. The number of unbranched alkanes of at least 4 members (excludes halogenated alkanes) is 1. The first kappa shape index (κ1) is 33.5. The van der Waals surface area contributed by atoms with Crippen molar-refractivity contribution in [3.63, 3.8) is 0 Å². The summed E-state index contributed by atoms with van der Waals surface area (Å²) in [7, 11) is 0. The van der Waals surface area contributed by atoms with Gasteiger partial charge in [-0.05, 0) is 51.0 Å². The first-order valence-electron chi connectivity index (χ1n) is 12.1. The van der Waals surface area contributed by atoms with Gasteiger partial charge in [-0.25, -0.2) is 4.79 Å². The van der Waals surface area contributed by atoms with Gasteiger partial charge in [-0.1, -0.05) is 13.8 Å². The third-order valence-electron chi connectivity index (χ3n) is 5.21. The van der Waals surface area contributed by atoms with Gasteiger partial charge in [0, 0.05) is 6.54 Å². The van der Waals surface area contributed by atoms with Crippen molar-refractivity contribution in [1.82, 2.24) is 16.0 Å². The number of aliphatic imine (C=N–C) groups is 1. The zero-order valence-corrected chi connectivity index (χ0v) is 21.4. The molecule has 0 rings (SSSR count). The number of carbonyl (C=O) groups excluding carboxylic acids is 3. The fourth-order valence-electron chi connectivity index (χ4n) is 3.34. The molecule has 212 valence electrons. The van der Waals surface area contributed by atoms with Crippen LogP contribution in [0, 0.1) is 5.92 Å². The molecule has 0 aromatic heterocycles. The number of rotatable bonds is 19. The summed E-state index contributed by atoms with van der Waals surface area (Å²) in [5.41, 5.74) is 21.9. The summed E-state index contributed by atoms with van der Waals surface area (Å²) in [6, 6.07) is -4.96. The van der Waals surface area contributed by atoms with Crippen LogP contribution >= 0.6 is 0 Å². The van der Waals surface area contributed by atoms with Crippen LogP contribution in [-0.2, 0) is 24.0 Å². The van der Waals surface area contributed by atoms with E-state index < -0.39 is 60.2 Å². The van der Waals surface area contributed by atoms with Crippen molar-refractivity contribution in [3.05, 3.63) is 0 Å². The van der Waals surface area contributed by atoms with Gasteiger partial charge in [-0.3, -0.25) is 24.2 Å². The highest BCUT2D eigenvalue weighted by atomic mass is 16.4. The molecule has 0 aromatic rings. The Morgan fingerprint density at radius 1 is 0.811 bits per heavy atom. The van der Waals surface area contributed by atoms with Gasteiger partial charge in [-0.15, -0.1) is 0 Å². The van der Waals surface area contributed by atoms with Crippen molar-refractivity contribution in [2.45, 2.75) is 83.0 Å². The normalized spacial score (nSPS) is 14.1. The maximum absolute atomic E-state index is 13.0. The average molecular weight is 531 g/mol. The average Bonchev–Trinajstić information content (AvgIpc) is 2.78. The second-order valence-electron chi connectivity index (χ2n) is 9.09. The van der Waals surface area contributed by atoms with Gasteiger partial charge in [0.15, 0.2) is 5.96 Å². The van der Waals surface area contributed by atoms with Crippen LogP contribution in [-0.4, -0.2) is 83.1 Å². The molecule has 0 heterocycles. The van der Waals surface area contributed by atoms with Gasteiger partial charge in [0.25, 0.3) is 0 Å². The highest BCUT2D eigenvalue weighted by Crippen LogP contribution is 2.07. The van der Waals surface area contributed by atoms with E-state index in [1.54, 1.807) is 0 Å². The van der Waals surface area contributed by atoms with E-state index >= 15 is 0 Å². The molecule has 0 aliphatic rings. The zero-order valence-electron chi connectivity index (χ0n) is 21.4. The summed E-state index contributed by atoms with van der Waals surface area (Å²) < 4.78 is 0. The molecule has 0 spiro atoms. The summed E-state index contributed by atoms with van der Waals surface area (Å²) in [6.07, 6.45) is 0.907. The Labute approximate surface area is 216 Å². The van der Waals surface area contributed by atoms with E-state index in [1.165, 1.54) is 0 Å². The molecule has 3 amide bonds.